The molecule has 0 radical (unpaired) electrons. The van der Waals surface area contributed by atoms with E-state index in [1.807, 2.05) is 0 Å². The SMILES string of the molecule is CC(C)C1NCC(=O)N1CC(C1CC1)C1CC1. The minimum Gasteiger partial charge on any atom is -0.325 e. The van der Waals surface area contributed by atoms with Gasteiger partial charge in [0.2, 0.25) is 5.91 Å². The van der Waals surface area contributed by atoms with Crippen LogP contribution in [0.15, 0.2) is 0 Å². The fourth-order valence-electron chi connectivity index (χ4n) is 3.33. The summed E-state index contributed by atoms with van der Waals surface area (Å²) in [7, 11) is 0. The molecule has 3 heteroatoms. The highest BCUT2D eigenvalue weighted by Gasteiger charge is 2.44. The molecule has 1 heterocycles. The van der Waals surface area contributed by atoms with Crippen molar-refractivity contribution in [1.82, 2.24) is 10.2 Å². The molecule has 1 unspecified atom stereocenters. The van der Waals surface area contributed by atoms with E-state index in [1.165, 1.54) is 25.7 Å². The predicted molar refractivity (Wildman–Crippen MR) is 67.3 cm³/mol. The van der Waals surface area contributed by atoms with Crippen molar-refractivity contribution in [1.29, 1.82) is 0 Å². The van der Waals surface area contributed by atoms with E-state index in [1.54, 1.807) is 0 Å². The van der Waals surface area contributed by atoms with Gasteiger partial charge in [0.15, 0.2) is 0 Å². The van der Waals surface area contributed by atoms with Gasteiger partial charge in [-0.15, -0.1) is 0 Å². The molecule has 2 saturated carbocycles. The molecule has 0 aromatic heterocycles. The molecule has 1 amide bonds. The zero-order valence-corrected chi connectivity index (χ0v) is 11.0. The van der Waals surface area contributed by atoms with Crippen LogP contribution in [0.5, 0.6) is 0 Å². The van der Waals surface area contributed by atoms with Gasteiger partial charge in [-0.25, -0.2) is 0 Å². The van der Waals surface area contributed by atoms with Gasteiger partial charge in [0.25, 0.3) is 0 Å². The molecule has 0 spiro atoms. The molecule has 3 nitrogen and oxygen atoms in total. The third-order valence-corrected chi connectivity index (χ3v) is 4.61. The van der Waals surface area contributed by atoms with E-state index in [0.717, 1.165) is 24.3 Å². The number of hydrogen-bond acceptors (Lipinski definition) is 2. The Bertz CT molecular complexity index is 295. The molecule has 3 rings (SSSR count). The maximum atomic E-state index is 12.0. The Kier molecular flexibility index (Phi) is 2.89. The topological polar surface area (TPSA) is 32.3 Å². The van der Waals surface area contributed by atoms with Crippen molar-refractivity contribution < 1.29 is 4.79 Å². The van der Waals surface area contributed by atoms with Gasteiger partial charge in [0.05, 0.1) is 12.7 Å². The molecule has 0 aromatic carbocycles. The van der Waals surface area contributed by atoms with Crippen LogP contribution in [-0.2, 0) is 4.79 Å². The van der Waals surface area contributed by atoms with Crippen LogP contribution >= 0.6 is 0 Å². The van der Waals surface area contributed by atoms with Crippen LogP contribution in [0.1, 0.15) is 39.5 Å². The lowest BCUT2D eigenvalue weighted by atomic mass is 9.96. The van der Waals surface area contributed by atoms with Crippen molar-refractivity contribution in [2.45, 2.75) is 45.7 Å². The highest BCUT2D eigenvalue weighted by atomic mass is 16.2. The summed E-state index contributed by atoms with van der Waals surface area (Å²) >= 11 is 0. The Hall–Kier alpha value is -0.570. The summed E-state index contributed by atoms with van der Waals surface area (Å²) in [5, 5.41) is 3.36. The first-order chi connectivity index (χ1) is 8.16. The second-order valence-corrected chi connectivity index (χ2v) is 6.45. The molecule has 1 atom stereocenters. The summed E-state index contributed by atoms with van der Waals surface area (Å²) in [6.45, 7) is 5.97. The van der Waals surface area contributed by atoms with E-state index in [9.17, 15) is 4.79 Å². The molecule has 3 fully saturated rings. The van der Waals surface area contributed by atoms with Crippen LogP contribution in [0.25, 0.3) is 0 Å². The molecule has 96 valence electrons. The average Bonchev–Trinajstić information content (AvgIpc) is 3.15. The summed E-state index contributed by atoms with van der Waals surface area (Å²) in [5.74, 6) is 3.50. The molecule has 1 saturated heterocycles. The van der Waals surface area contributed by atoms with Crippen molar-refractivity contribution in [2.75, 3.05) is 13.1 Å². The Balaban J connectivity index is 1.66. The highest BCUT2D eigenvalue weighted by Crippen LogP contribution is 2.49. The van der Waals surface area contributed by atoms with Crippen molar-refractivity contribution in [3.05, 3.63) is 0 Å². The number of nitrogens with one attached hydrogen (secondary N) is 1. The molecule has 1 aliphatic heterocycles. The maximum Gasteiger partial charge on any atom is 0.237 e. The van der Waals surface area contributed by atoms with Crippen LogP contribution in [0.3, 0.4) is 0 Å². The van der Waals surface area contributed by atoms with E-state index in [-0.39, 0.29) is 6.17 Å². The second kappa shape index (κ2) is 4.27. The van der Waals surface area contributed by atoms with E-state index in [4.69, 9.17) is 0 Å². The highest BCUT2D eigenvalue weighted by molar-refractivity contribution is 5.80. The lowest BCUT2D eigenvalue weighted by Gasteiger charge is -2.31. The number of hydrogen-bond donors (Lipinski definition) is 1. The predicted octanol–water partition coefficient (Wildman–Crippen LogP) is 1.84. The van der Waals surface area contributed by atoms with Crippen molar-refractivity contribution in [3.63, 3.8) is 0 Å². The largest absolute Gasteiger partial charge is 0.325 e. The summed E-state index contributed by atoms with van der Waals surface area (Å²) in [4.78, 5) is 14.1. The monoisotopic (exact) mass is 236 g/mol. The van der Waals surface area contributed by atoms with Gasteiger partial charge in [-0.1, -0.05) is 13.8 Å². The van der Waals surface area contributed by atoms with Crippen molar-refractivity contribution >= 4 is 5.91 Å². The Labute approximate surface area is 104 Å². The summed E-state index contributed by atoms with van der Waals surface area (Å²) in [5.41, 5.74) is 0. The Morgan fingerprint density at radius 3 is 2.29 bits per heavy atom. The lowest BCUT2D eigenvalue weighted by molar-refractivity contribution is -0.129. The average molecular weight is 236 g/mol. The van der Waals surface area contributed by atoms with Crippen LogP contribution in [-0.4, -0.2) is 30.1 Å². The minimum atomic E-state index is 0.280. The first-order valence-corrected chi connectivity index (χ1v) is 7.19. The first-order valence-electron chi connectivity index (χ1n) is 7.19. The summed E-state index contributed by atoms with van der Waals surface area (Å²) < 4.78 is 0. The van der Waals surface area contributed by atoms with E-state index in [2.05, 4.69) is 24.1 Å². The third-order valence-electron chi connectivity index (χ3n) is 4.61. The minimum absolute atomic E-state index is 0.280. The molecular weight excluding hydrogens is 212 g/mol. The van der Waals surface area contributed by atoms with E-state index < -0.39 is 0 Å². The second-order valence-electron chi connectivity index (χ2n) is 6.45. The lowest BCUT2D eigenvalue weighted by Crippen LogP contribution is -2.44. The van der Waals surface area contributed by atoms with Crippen molar-refractivity contribution in [2.24, 2.45) is 23.7 Å². The van der Waals surface area contributed by atoms with Crippen LogP contribution in [0.4, 0.5) is 0 Å². The zero-order valence-electron chi connectivity index (χ0n) is 11.0. The van der Waals surface area contributed by atoms with Gasteiger partial charge in [0.1, 0.15) is 0 Å². The Morgan fingerprint density at radius 1 is 1.24 bits per heavy atom. The number of carbonyl (C=O) groups excluding carboxylic acids is 1. The van der Waals surface area contributed by atoms with Gasteiger partial charge in [0, 0.05) is 6.54 Å². The fourth-order valence-corrected chi connectivity index (χ4v) is 3.33. The summed E-state index contributed by atoms with van der Waals surface area (Å²) in [6, 6.07) is 0. The number of amides is 1. The standard InChI is InChI=1S/C14H24N2O/c1-9(2)14-15-7-13(17)16(14)8-12(10-3-4-10)11-5-6-11/h9-12,14-15H,3-8H2,1-2H3. The number of carbonyl (C=O) groups is 1. The molecule has 17 heavy (non-hydrogen) atoms. The maximum absolute atomic E-state index is 12.0. The van der Waals surface area contributed by atoms with E-state index in [0.29, 0.717) is 18.4 Å². The van der Waals surface area contributed by atoms with E-state index >= 15 is 0 Å². The number of nitrogens with zero attached hydrogens (tertiary/aromatic N) is 1. The Morgan fingerprint density at radius 2 is 1.82 bits per heavy atom. The molecule has 0 aromatic rings. The molecular formula is C14H24N2O. The van der Waals surface area contributed by atoms with Gasteiger partial charge >= 0.3 is 0 Å². The van der Waals surface area contributed by atoms with Crippen LogP contribution < -0.4 is 5.32 Å². The fraction of sp³-hybridized carbons (Fsp3) is 0.929. The molecule has 0 bridgehead atoms. The normalized spacial score (nSPS) is 29.8. The van der Waals surface area contributed by atoms with Crippen LogP contribution in [0.2, 0.25) is 0 Å². The van der Waals surface area contributed by atoms with Gasteiger partial charge in [-0.2, -0.15) is 0 Å². The zero-order chi connectivity index (χ0) is 12.0. The van der Waals surface area contributed by atoms with Gasteiger partial charge in [-0.3, -0.25) is 10.1 Å². The van der Waals surface area contributed by atoms with Crippen LogP contribution in [0, 0.1) is 23.7 Å². The smallest absolute Gasteiger partial charge is 0.237 e. The molecule has 3 aliphatic rings. The van der Waals surface area contributed by atoms with Gasteiger partial charge < -0.3 is 4.90 Å². The van der Waals surface area contributed by atoms with Crippen molar-refractivity contribution in [3.8, 4) is 0 Å². The first kappa shape index (κ1) is 11.5. The summed E-state index contributed by atoms with van der Waals surface area (Å²) in [6.07, 6.45) is 5.90. The third kappa shape index (κ3) is 2.35. The molecule has 2 aliphatic carbocycles. The molecule has 1 N–H and O–H groups in total. The number of rotatable bonds is 5. The quantitative estimate of drug-likeness (QED) is 0.790. The van der Waals surface area contributed by atoms with Gasteiger partial charge in [-0.05, 0) is 49.4 Å².